The molecule has 2 rings (SSSR count). The van der Waals surface area contributed by atoms with E-state index in [4.69, 9.17) is 5.73 Å². The summed E-state index contributed by atoms with van der Waals surface area (Å²) in [4.78, 5) is -0.0947. The van der Waals surface area contributed by atoms with Gasteiger partial charge in [0.15, 0.2) is 0 Å². The molecular weight excluding hydrogens is 279 g/mol. The van der Waals surface area contributed by atoms with Crippen molar-refractivity contribution >= 4 is 10.0 Å². The summed E-state index contributed by atoms with van der Waals surface area (Å²) in [5.41, 5.74) is 7.26. The standard InChI is InChI=1S/C14H15FN2O2S/c15-13-6-3-7-14(8-13)20(18,19)17-10-12-5-2-1-4-11(12)9-16/h1-8,17H,9-10,16H2. The third-order valence-corrected chi connectivity index (χ3v) is 4.30. The largest absolute Gasteiger partial charge is 0.326 e. The fraction of sp³-hybridized carbons (Fsp3) is 0.143. The van der Waals surface area contributed by atoms with Crippen LogP contribution in [0.5, 0.6) is 0 Å². The van der Waals surface area contributed by atoms with Gasteiger partial charge in [-0.3, -0.25) is 0 Å². The van der Waals surface area contributed by atoms with Crippen LogP contribution in [-0.4, -0.2) is 8.42 Å². The Morgan fingerprint density at radius 1 is 1.05 bits per heavy atom. The summed E-state index contributed by atoms with van der Waals surface area (Å²) in [6.07, 6.45) is 0. The molecule has 0 aliphatic rings. The molecule has 0 radical (unpaired) electrons. The van der Waals surface area contributed by atoms with Crippen molar-refractivity contribution in [2.24, 2.45) is 5.73 Å². The summed E-state index contributed by atoms with van der Waals surface area (Å²) < 4.78 is 39.6. The number of benzene rings is 2. The Hall–Kier alpha value is -1.76. The molecule has 0 aliphatic heterocycles. The minimum absolute atomic E-state index is 0.0947. The number of sulfonamides is 1. The molecule has 0 atom stereocenters. The second-order valence-corrected chi connectivity index (χ2v) is 6.02. The summed E-state index contributed by atoms with van der Waals surface area (Å²) in [5, 5.41) is 0. The maximum atomic E-state index is 13.1. The van der Waals surface area contributed by atoms with Gasteiger partial charge in [-0.25, -0.2) is 17.5 Å². The minimum Gasteiger partial charge on any atom is -0.326 e. The average Bonchev–Trinajstić information content (AvgIpc) is 2.45. The number of hydrogen-bond acceptors (Lipinski definition) is 3. The number of nitrogens with two attached hydrogens (primary N) is 1. The maximum Gasteiger partial charge on any atom is 0.240 e. The summed E-state index contributed by atoms with van der Waals surface area (Å²) in [5.74, 6) is -0.588. The van der Waals surface area contributed by atoms with Gasteiger partial charge in [-0.1, -0.05) is 30.3 Å². The lowest BCUT2D eigenvalue weighted by Crippen LogP contribution is -2.24. The number of halogens is 1. The highest BCUT2D eigenvalue weighted by Gasteiger charge is 2.14. The topological polar surface area (TPSA) is 72.2 Å². The Balaban J connectivity index is 2.17. The molecule has 2 aromatic carbocycles. The third-order valence-electron chi connectivity index (χ3n) is 2.90. The molecule has 0 fully saturated rings. The minimum atomic E-state index is -3.74. The van der Waals surface area contributed by atoms with E-state index in [0.717, 1.165) is 17.2 Å². The van der Waals surface area contributed by atoms with Gasteiger partial charge in [0.2, 0.25) is 10.0 Å². The highest BCUT2D eigenvalue weighted by Crippen LogP contribution is 2.13. The van der Waals surface area contributed by atoms with Crippen LogP contribution in [0.3, 0.4) is 0 Å². The molecule has 0 heterocycles. The number of nitrogens with one attached hydrogen (secondary N) is 1. The molecule has 106 valence electrons. The van der Waals surface area contributed by atoms with Crippen LogP contribution >= 0.6 is 0 Å². The average molecular weight is 294 g/mol. The Morgan fingerprint density at radius 3 is 2.40 bits per heavy atom. The first-order valence-electron chi connectivity index (χ1n) is 6.05. The molecule has 20 heavy (non-hydrogen) atoms. The zero-order chi connectivity index (χ0) is 14.6. The van der Waals surface area contributed by atoms with Crippen LogP contribution in [0.1, 0.15) is 11.1 Å². The van der Waals surface area contributed by atoms with Crippen molar-refractivity contribution in [3.05, 3.63) is 65.5 Å². The van der Waals surface area contributed by atoms with Crippen LogP contribution < -0.4 is 10.5 Å². The zero-order valence-electron chi connectivity index (χ0n) is 10.7. The molecule has 0 amide bonds. The van der Waals surface area contributed by atoms with Crippen molar-refractivity contribution < 1.29 is 12.8 Å². The van der Waals surface area contributed by atoms with Crippen molar-refractivity contribution in [3.63, 3.8) is 0 Å². The molecule has 0 unspecified atom stereocenters. The van der Waals surface area contributed by atoms with Crippen LogP contribution in [0.15, 0.2) is 53.4 Å². The van der Waals surface area contributed by atoms with Gasteiger partial charge in [-0.2, -0.15) is 0 Å². The maximum absolute atomic E-state index is 13.1. The van der Waals surface area contributed by atoms with Gasteiger partial charge < -0.3 is 5.73 Å². The van der Waals surface area contributed by atoms with E-state index in [-0.39, 0.29) is 11.4 Å². The second kappa shape index (κ2) is 6.13. The molecule has 0 saturated carbocycles. The Kier molecular flexibility index (Phi) is 4.49. The van der Waals surface area contributed by atoms with E-state index in [1.807, 2.05) is 18.2 Å². The van der Waals surface area contributed by atoms with Gasteiger partial charge in [0.25, 0.3) is 0 Å². The molecule has 0 aromatic heterocycles. The highest BCUT2D eigenvalue weighted by atomic mass is 32.2. The Labute approximate surface area is 117 Å². The highest BCUT2D eigenvalue weighted by molar-refractivity contribution is 7.89. The van der Waals surface area contributed by atoms with Crippen molar-refractivity contribution in [2.45, 2.75) is 18.0 Å². The first-order chi connectivity index (χ1) is 9.53. The lowest BCUT2D eigenvalue weighted by Gasteiger charge is -2.10. The van der Waals surface area contributed by atoms with Gasteiger partial charge in [0.1, 0.15) is 5.82 Å². The number of rotatable bonds is 5. The van der Waals surface area contributed by atoms with Crippen LogP contribution in [-0.2, 0) is 23.1 Å². The summed E-state index contributed by atoms with van der Waals surface area (Å²) in [6.45, 7) is 0.448. The normalized spacial score (nSPS) is 11.5. The van der Waals surface area contributed by atoms with Gasteiger partial charge in [-0.15, -0.1) is 0 Å². The quantitative estimate of drug-likeness (QED) is 0.882. The molecule has 6 heteroatoms. The van der Waals surface area contributed by atoms with Gasteiger partial charge in [0, 0.05) is 13.1 Å². The monoisotopic (exact) mass is 294 g/mol. The summed E-state index contributed by atoms with van der Waals surface area (Å²) in [7, 11) is -3.74. The first-order valence-corrected chi connectivity index (χ1v) is 7.53. The fourth-order valence-corrected chi connectivity index (χ4v) is 2.86. The smallest absolute Gasteiger partial charge is 0.240 e. The first kappa shape index (κ1) is 14.6. The lowest BCUT2D eigenvalue weighted by atomic mass is 10.1. The SMILES string of the molecule is NCc1ccccc1CNS(=O)(=O)c1cccc(F)c1. The summed E-state index contributed by atoms with van der Waals surface area (Å²) >= 11 is 0. The van der Waals surface area contributed by atoms with E-state index in [1.165, 1.54) is 18.2 Å². The fourth-order valence-electron chi connectivity index (χ4n) is 1.82. The van der Waals surface area contributed by atoms with E-state index in [9.17, 15) is 12.8 Å². The molecule has 0 aliphatic carbocycles. The molecule has 4 nitrogen and oxygen atoms in total. The lowest BCUT2D eigenvalue weighted by molar-refractivity contribution is 0.577. The van der Waals surface area contributed by atoms with Crippen molar-refractivity contribution in [1.29, 1.82) is 0 Å². The van der Waals surface area contributed by atoms with Gasteiger partial charge >= 0.3 is 0 Å². The number of hydrogen-bond donors (Lipinski definition) is 2. The van der Waals surface area contributed by atoms with Crippen LogP contribution in [0.2, 0.25) is 0 Å². The zero-order valence-corrected chi connectivity index (χ0v) is 11.5. The van der Waals surface area contributed by atoms with E-state index in [1.54, 1.807) is 6.07 Å². The molecular formula is C14H15FN2O2S. The van der Waals surface area contributed by atoms with Crippen LogP contribution in [0.4, 0.5) is 4.39 Å². The van der Waals surface area contributed by atoms with Gasteiger partial charge in [-0.05, 0) is 29.3 Å². The predicted molar refractivity (Wildman–Crippen MR) is 74.8 cm³/mol. The van der Waals surface area contributed by atoms with E-state index in [2.05, 4.69) is 4.72 Å². The third kappa shape index (κ3) is 3.41. The molecule has 0 bridgehead atoms. The van der Waals surface area contributed by atoms with Crippen LogP contribution in [0.25, 0.3) is 0 Å². The Morgan fingerprint density at radius 2 is 1.75 bits per heavy atom. The summed E-state index contributed by atoms with van der Waals surface area (Å²) in [6, 6.07) is 12.2. The van der Waals surface area contributed by atoms with E-state index < -0.39 is 15.8 Å². The van der Waals surface area contributed by atoms with Crippen molar-refractivity contribution in [3.8, 4) is 0 Å². The van der Waals surface area contributed by atoms with Crippen LogP contribution in [0, 0.1) is 5.82 Å². The van der Waals surface area contributed by atoms with Crippen molar-refractivity contribution in [1.82, 2.24) is 4.72 Å². The molecule has 0 spiro atoms. The Bertz CT molecular complexity index is 702. The molecule has 0 saturated heterocycles. The second-order valence-electron chi connectivity index (χ2n) is 4.25. The van der Waals surface area contributed by atoms with Crippen molar-refractivity contribution in [2.75, 3.05) is 0 Å². The predicted octanol–water partition coefficient (Wildman–Crippen LogP) is 1.76. The van der Waals surface area contributed by atoms with E-state index in [0.29, 0.717) is 6.54 Å². The van der Waals surface area contributed by atoms with E-state index >= 15 is 0 Å². The molecule has 2 aromatic rings. The van der Waals surface area contributed by atoms with Gasteiger partial charge in [0.05, 0.1) is 4.90 Å². The molecule has 3 N–H and O–H groups in total.